The molecule has 1 unspecified atom stereocenters. The third kappa shape index (κ3) is 3.27. The van der Waals surface area contributed by atoms with Crippen LogP contribution in [0.15, 0.2) is 29.6 Å². The maximum atomic E-state index is 12.6. The number of carbonyl (C=O) groups excluding carboxylic acids is 1. The van der Waals surface area contributed by atoms with Crippen molar-refractivity contribution < 1.29 is 14.7 Å². The van der Waals surface area contributed by atoms with Gasteiger partial charge in [0.1, 0.15) is 6.04 Å². The number of carbonyl (C=O) groups is 2. The van der Waals surface area contributed by atoms with Crippen LogP contribution in [0.1, 0.15) is 28.8 Å². The molecule has 6 heteroatoms. The van der Waals surface area contributed by atoms with Gasteiger partial charge in [0.2, 0.25) is 5.91 Å². The number of hydrogen-bond donors (Lipinski definition) is 1. The second kappa shape index (κ2) is 6.50. The fourth-order valence-electron chi connectivity index (χ4n) is 2.85. The Morgan fingerprint density at radius 3 is 2.74 bits per heavy atom. The van der Waals surface area contributed by atoms with Crippen LogP contribution in [-0.4, -0.2) is 32.9 Å². The average Bonchev–Trinajstić information content (AvgIpc) is 3.01. The third-order valence-corrected chi connectivity index (χ3v) is 5.13. The van der Waals surface area contributed by atoms with Crippen LogP contribution in [0, 0.1) is 0 Å². The summed E-state index contributed by atoms with van der Waals surface area (Å²) in [5.41, 5.74) is 2.75. The van der Waals surface area contributed by atoms with Gasteiger partial charge in [0.15, 0.2) is 0 Å². The molecule has 0 saturated heterocycles. The molecule has 5 nitrogen and oxygen atoms in total. The van der Waals surface area contributed by atoms with E-state index in [4.69, 9.17) is 0 Å². The highest BCUT2D eigenvalue weighted by Crippen LogP contribution is 2.24. The number of aliphatic carboxylic acids is 1. The lowest BCUT2D eigenvalue weighted by atomic mass is 9.93. The molecule has 1 atom stereocenters. The van der Waals surface area contributed by atoms with Crippen LogP contribution in [0.2, 0.25) is 0 Å². The van der Waals surface area contributed by atoms with Gasteiger partial charge in [-0.1, -0.05) is 31.2 Å². The highest BCUT2D eigenvalue weighted by Gasteiger charge is 2.34. The van der Waals surface area contributed by atoms with E-state index in [1.165, 1.54) is 16.2 Å². The van der Waals surface area contributed by atoms with Gasteiger partial charge in [-0.05, 0) is 17.5 Å². The molecule has 1 aliphatic rings. The Morgan fingerprint density at radius 2 is 2.09 bits per heavy atom. The molecule has 0 saturated carbocycles. The van der Waals surface area contributed by atoms with Crippen molar-refractivity contribution in [1.82, 2.24) is 9.88 Å². The van der Waals surface area contributed by atoms with Crippen LogP contribution in [0.4, 0.5) is 0 Å². The summed E-state index contributed by atoms with van der Waals surface area (Å²) in [6.45, 7) is 2.36. The van der Waals surface area contributed by atoms with Crippen LogP contribution in [0.3, 0.4) is 0 Å². The molecular formula is C17H18N2O3S. The molecule has 0 aliphatic carbocycles. The molecule has 1 aliphatic heterocycles. The molecule has 2 heterocycles. The number of rotatable bonds is 4. The number of carboxylic acid groups (broad SMARTS) is 1. The Kier molecular flexibility index (Phi) is 4.43. The Balaban J connectivity index is 1.81. The molecule has 0 bridgehead atoms. The average molecular weight is 330 g/mol. The quantitative estimate of drug-likeness (QED) is 0.934. The number of amides is 1. The van der Waals surface area contributed by atoms with Crippen LogP contribution >= 0.6 is 11.3 Å². The van der Waals surface area contributed by atoms with E-state index < -0.39 is 12.0 Å². The topological polar surface area (TPSA) is 70.5 Å². The van der Waals surface area contributed by atoms with Crippen molar-refractivity contribution in [2.75, 3.05) is 0 Å². The molecule has 23 heavy (non-hydrogen) atoms. The van der Waals surface area contributed by atoms with E-state index in [0.717, 1.165) is 28.2 Å². The smallest absolute Gasteiger partial charge is 0.326 e. The summed E-state index contributed by atoms with van der Waals surface area (Å²) >= 11 is 1.54. The van der Waals surface area contributed by atoms with Gasteiger partial charge < -0.3 is 10.0 Å². The molecule has 1 aromatic carbocycles. The zero-order valence-corrected chi connectivity index (χ0v) is 13.7. The fourth-order valence-corrected chi connectivity index (χ4v) is 3.60. The number of benzene rings is 1. The van der Waals surface area contributed by atoms with Crippen LogP contribution < -0.4 is 0 Å². The molecule has 1 amide bonds. The van der Waals surface area contributed by atoms with E-state index in [0.29, 0.717) is 13.0 Å². The maximum Gasteiger partial charge on any atom is 0.326 e. The normalized spacial score (nSPS) is 16.9. The van der Waals surface area contributed by atoms with Crippen molar-refractivity contribution in [3.05, 3.63) is 51.5 Å². The SMILES string of the molecule is CCc1nc(CC(=O)N2Cc3ccccc3CC2C(=O)O)cs1. The largest absolute Gasteiger partial charge is 0.480 e. The number of thiazole rings is 1. The summed E-state index contributed by atoms with van der Waals surface area (Å²) in [5.74, 6) is -1.14. The van der Waals surface area contributed by atoms with Gasteiger partial charge in [0, 0.05) is 18.3 Å². The Labute approximate surface area is 138 Å². The molecule has 2 aromatic rings. The van der Waals surface area contributed by atoms with E-state index in [1.807, 2.05) is 36.6 Å². The summed E-state index contributed by atoms with van der Waals surface area (Å²) in [4.78, 5) is 30.1. The minimum absolute atomic E-state index is 0.155. The number of aromatic nitrogens is 1. The molecule has 0 spiro atoms. The number of aryl methyl sites for hydroxylation is 1. The summed E-state index contributed by atoms with van der Waals surface area (Å²) in [7, 11) is 0. The molecule has 0 radical (unpaired) electrons. The van der Waals surface area contributed by atoms with E-state index >= 15 is 0 Å². The lowest BCUT2D eigenvalue weighted by Gasteiger charge is -2.34. The van der Waals surface area contributed by atoms with Crippen molar-refractivity contribution in [2.45, 2.75) is 38.8 Å². The summed E-state index contributed by atoms with van der Waals surface area (Å²) in [6, 6.07) is 6.89. The highest BCUT2D eigenvalue weighted by molar-refractivity contribution is 7.09. The first-order chi connectivity index (χ1) is 11.1. The minimum atomic E-state index is -0.958. The lowest BCUT2D eigenvalue weighted by Crippen LogP contribution is -2.49. The predicted molar refractivity (Wildman–Crippen MR) is 87.3 cm³/mol. The molecule has 3 rings (SSSR count). The second-order valence-electron chi connectivity index (χ2n) is 5.61. The van der Waals surface area contributed by atoms with E-state index in [9.17, 15) is 14.7 Å². The van der Waals surface area contributed by atoms with Crippen molar-refractivity contribution in [3.8, 4) is 0 Å². The summed E-state index contributed by atoms with van der Waals surface area (Å²) in [5, 5.41) is 12.4. The van der Waals surface area contributed by atoms with Gasteiger partial charge in [0.25, 0.3) is 0 Å². The highest BCUT2D eigenvalue weighted by atomic mass is 32.1. The van der Waals surface area contributed by atoms with Gasteiger partial charge in [-0.2, -0.15) is 0 Å². The zero-order chi connectivity index (χ0) is 16.4. The van der Waals surface area contributed by atoms with E-state index in [2.05, 4.69) is 4.98 Å². The molecule has 1 N–H and O–H groups in total. The van der Waals surface area contributed by atoms with Crippen LogP contribution in [0.5, 0.6) is 0 Å². The summed E-state index contributed by atoms with van der Waals surface area (Å²) in [6.07, 6.45) is 1.35. The predicted octanol–water partition coefficient (Wildman–Crippen LogP) is 2.29. The molecule has 1 aromatic heterocycles. The third-order valence-electron chi connectivity index (χ3n) is 4.09. The van der Waals surface area contributed by atoms with Crippen molar-refractivity contribution in [2.24, 2.45) is 0 Å². The number of carboxylic acids is 1. The van der Waals surface area contributed by atoms with Gasteiger partial charge in [-0.3, -0.25) is 4.79 Å². The lowest BCUT2D eigenvalue weighted by molar-refractivity contribution is -0.151. The van der Waals surface area contributed by atoms with Crippen molar-refractivity contribution >= 4 is 23.2 Å². The van der Waals surface area contributed by atoms with Gasteiger partial charge >= 0.3 is 5.97 Å². The van der Waals surface area contributed by atoms with E-state index in [1.54, 1.807) is 0 Å². The van der Waals surface area contributed by atoms with Crippen LogP contribution in [0.25, 0.3) is 0 Å². The molecule has 120 valence electrons. The fraction of sp³-hybridized carbons (Fsp3) is 0.353. The standard InChI is InChI=1S/C17H18N2O3S/c1-2-15-18-13(10-23-15)8-16(20)19-9-12-6-4-3-5-11(12)7-14(19)17(21)22/h3-6,10,14H,2,7-9H2,1H3,(H,21,22). The Morgan fingerprint density at radius 1 is 1.35 bits per heavy atom. The monoisotopic (exact) mass is 330 g/mol. The van der Waals surface area contributed by atoms with Crippen molar-refractivity contribution in [3.63, 3.8) is 0 Å². The first-order valence-electron chi connectivity index (χ1n) is 7.60. The van der Waals surface area contributed by atoms with Gasteiger partial charge in [0.05, 0.1) is 17.1 Å². The summed E-state index contributed by atoms with van der Waals surface area (Å²) < 4.78 is 0. The number of fused-ring (bicyclic) bond motifs is 1. The number of nitrogens with zero attached hydrogens (tertiary/aromatic N) is 2. The van der Waals surface area contributed by atoms with Crippen molar-refractivity contribution in [1.29, 1.82) is 0 Å². The van der Waals surface area contributed by atoms with E-state index in [-0.39, 0.29) is 12.3 Å². The Bertz CT molecular complexity index is 741. The minimum Gasteiger partial charge on any atom is -0.480 e. The second-order valence-corrected chi connectivity index (χ2v) is 6.55. The molecular weight excluding hydrogens is 312 g/mol. The maximum absolute atomic E-state index is 12.6. The Hall–Kier alpha value is -2.21. The molecule has 0 fully saturated rings. The first-order valence-corrected chi connectivity index (χ1v) is 8.48. The zero-order valence-electron chi connectivity index (χ0n) is 12.9. The van der Waals surface area contributed by atoms with Gasteiger partial charge in [-0.15, -0.1) is 11.3 Å². The van der Waals surface area contributed by atoms with Gasteiger partial charge in [-0.25, -0.2) is 9.78 Å². The van der Waals surface area contributed by atoms with Crippen LogP contribution in [-0.2, 0) is 35.4 Å². The number of hydrogen-bond acceptors (Lipinski definition) is 4. The first kappa shape index (κ1) is 15.7.